The van der Waals surface area contributed by atoms with Gasteiger partial charge < -0.3 is 5.32 Å². The number of rotatable bonds is 3. The summed E-state index contributed by atoms with van der Waals surface area (Å²) in [4.78, 5) is 12.0. The zero-order chi connectivity index (χ0) is 15.6. The van der Waals surface area contributed by atoms with Crippen molar-refractivity contribution in [1.29, 1.82) is 0 Å². The number of nitrogens with one attached hydrogen (secondary N) is 1. The molecular weight excluding hydrogens is 335 g/mol. The molecule has 1 aliphatic rings. The molecule has 1 fully saturated rings. The van der Waals surface area contributed by atoms with Crippen LogP contribution in [0.1, 0.15) is 42.5 Å². The van der Waals surface area contributed by atoms with Gasteiger partial charge in [-0.05, 0) is 25.0 Å². The molecule has 1 aromatic carbocycles. The van der Waals surface area contributed by atoms with E-state index >= 15 is 0 Å². The first-order valence-corrected chi connectivity index (χ1v) is 8.92. The smallest absolute Gasteiger partial charge is 0.254 e. The van der Waals surface area contributed by atoms with Crippen LogP contribution in [0.4, 0.5) is 0 Å². The van der Waals surface area contributed by atoms with E-state index in [1.54, 1.807) is 0 Å². The second-order valence-corrected chi connectivity index (χ2v) is 7.40. The van der Waals surface area contributed by atoms with E-state index in [-0.39, 0.29) is 26.5 Å². The number of benzene rings is 1. The molecule has 0 aliphatic heterocycles. The van der Waals surface area contributed by atoms with Crippen LogP contribution in [0, 0.1) is 0 Å². The van der Waals surface area contributed by atoms with Gasteiger partial charge in [-0.25, -0.2) is 13.6 Å². The molecule has 21 heavy (non-hydrogen) atoms. The Morgan fingerprint density at radius 3 is 2.38 bits per heavy atom. The Hall–Kier alpha value is -0.820. The fourth-order valence-electron chi connectivity index (χ4n) is 2.47. The van der Waals surface area contributed by atoms with Crippen LogP contribution in [0.3, 0.4) is 0 Å². The van der Waals surface area contributed by atoms with Crippen molar-refractivity contribution >= 4 is 39.1 Å². The molecule has 8 heteroatoms. The van der Waals surface area contributed by atoms with Crippen molar-refractivity contribution in [2.45, 2.75) is 43.0 Å². The molecule has 0 spiro atoms. The fraction of sp³-hybridized carbons (Fsp3) is 0.462. The fourth-order valence-corrected chi connectivity index (χ4v) is 3.94. The monoisotopic (exact) mass is 350 g/mol. The molecule has 1 aromatic rings. The van der Waals surface area contributed by atoms with Crippen molar-refractivity contribution in [2.24, 2.45) is 5.14 Å². The molecule has 1 aliphatic carbocycles. The lowest BCUT2D eigenvalue weighted by Crippen LogP contribution is -2.36. The molecule has 0 saturated heterocycles. The maximum absolute atomic E-state index is 12.3. The van der Waals surface area contributed by atoms with Crippen molar-refractivity contribution in [2.75, 3.05) is 0 Å². The lowest BCUT2D eigenvalue weighted by molar-refractivity contribution is 0.0928. The van der Waals surface area contributed by atoms with E-state index in [9.17, 15) is 13.2 Å². The second-order valence-electron chi connectivity index (χ2n) is 5.09. The molecular formula is C13H16Cl2N2O3S. The average molecular weight is 351 g/mol. The zero-order valence-electron chi connectivity index (χ0n) is 11.2. The highest BCUT2D eigenvalue weighted by Gasteiger charge is 2.24. The Kier molecular flexibility index (Phi) is 5.14. The number of hydrogen-bond donors (Lipinski definition) is 2. The molecule has 0 atom stereocenters. The van der Waals surface area contributed by atoms with E-state index in [1.165, 1.54) is 12.1 Å². The maximum atomic E-state index is 12.3. The molecule has 0 aromatic heterocycles. The van der Waals surface area contributed by atoms with E-state index in [2.05, 4.69) is 5.32 Å². The number of hydrogen-bond acceptors (Lipinski definition) is 3. The van der Waals surface area contributed by atoms with Gasteiger partial charge in [0.25, 0.3) is 5.91 Å². The standard InChI is InChI=1S/C13H16Cl2N2O3S/c14-9-6-7-10(21(16,19)20)12(15)11(9)13(18)17-8-4-2-1-3-5-8/h6-8H,1-5H2,(H,17,18)(H2,16,19,20). The van der Waals surface area contributed by atoms with Gasteiger partial charge in [-0.15, -0.1) is 0 Å². The highest BCUT2D eigenvalue weighted by molar-refractivity contribution is 7.89. The largest absolute Gasteiger partial charge is 0.349 e. The summed E-state index contributed by atoms with van der Waals surface area (Å²) in [5.74, 6) is -0.470. The summed E-state index contributed by atoms with van der Waals surface area (Å²) in [6.07, 6.45) is 5.08. The van der Waals surface area contributed by atoms with Gasteiger partial charge in [0.2, 0.25) is 10.0 Å². The minimum atomic E-state index is -4.01. The summed E-state index contributed by atoms with van der Waals surface area (Å²) < 4.78 is 22.9. The molecule has 5 nitrogen and oxygen atoms in total. The minimum absolute atomic E-state index is 0.0459. The van der Waals surface area contributed by atoms with Gasteiger partial charge in [-0.2, -0.15) is 0 Å². The normalized spacial score (nSPS) is 16.7. The highest BCUT2D eigenvalue weighted by atomic mass is 35.5. The number of sulfonamides is 1. The summed E-state index contributed by atoms with van der Waals surface area (Å²) in [6, 6.07) is 2.57. The number of halogens is 2. The van der Waals surface area contributed by atoms with Crippen molar-refractivity contribution < 1.29 is 13.2 Å². The van der Waals surface area contributed by atoms with Gasteiger partial charge in [0, 0.05) is 6.04 Å². The van der Waals surface area contributed by atoms with E-state index in [1.807, 2.05) is 0 Å². The van der Waals surface area contributed by atoms with Crippen molar-refractivity contribution in [1.82, 2.24) is 5.32 Å². The van der Waals surface area contributed by atoms with Crippen molar-refractivity contribution in [3.8, 4) is 0 Å². The third-order valence-electron chi connectivity index (χ3n) is 3.53. The third kappa shape index (κ3) is 3.88. The number of carbonyl (C=O) groups excluding carboxylic acids is 1. The average Bonchev–Trinajstić information content (AvgIpc) is 2.38. The first-order valence-electron chi connectivity index (χ1n) is 6.62. The van der Waals surface area contributed by atoms with Crippen LogP contribution in [0.5, 0.6) is 0 Å². The number of amides is 1. The lowest BCUT2D eigenvalue weighted by atomic mass is 9.95. The summed E-state index contributed by atoms with van der Waals surface area (Å²) in [5, 5.41) is 7.79. The Morgan fingerprint density at radius 2 is 1.81 bits per heavy atom. The van der Waals surface area contributed by atoms with Gasteiger partial charge >= 0.3 is 0 Å². The van der Waals surface area contributed by atoms with Crippen molar-refractivity contribution in [3.63, 3.8) is 0 Å². The van der Waals surface area contributed by atoms with E-state index in [4.69, 9.17) is 28.3 Å². The maximum Gasteiger partial charge on any atom is 0.254 e. The predicted molar refractivity (Wildman–Crippen MR) is 82.2 cm³/mol. The molecule has 0 bridgehead atoms. The highest BCUT2D eigenvalue weighted by Crippen LogP contribution is 2.31. The topological polar surface area (TPSA) is 89.3 Å². The first kappa shape index (κ1) is 16.5. The molecule has 1 amide bonds. The van der Waals surface area contributed by atoms with E-state index in [0.29, 0.717) is 0 Å². The minimum Gasteiger partial charge on any atom is -0.349 e. The van der Waals surface area contributed by atoms with Crippen molar-refractivity contribution in [3.05, 3.63) is 27.7 Å². The zero-order valence-corrected chi connectivity index (χ0v) is 13.6. The first-order chi connectivity index (χ1) is 9.80. The van der Waals surface area contributed by atoms with E-state index < -0.39 is 15.9 Å². The molecule has 3 N–H and O–H groups in total. The van der Waals surface area contributed by atoms with Gasteiger partial charge in [0.1, 0.15) is 4.90 Å². The van der Waals surface area contributed by atoms with Crippen LogP contribution in [0.2, 0.25) is 10.0 Å². The Labute approximate surface area is 133 Å². The molecule has 1 saturated carbocycles. The van der Waals surface area contributed by atoms with E-state index in [0.717, 1.165) is 32.1 Å². The number of carbonyl (C=O) groups is 1. The quantitative estimate of drug-likeness (QED) is 0.877. The molecule has 0 heterocycles. The SMILES string of the molecule is NS(=O)(=O)c1ccc(Cl)c(C(=O)NC2CCCCC2)c1Cl. The van der Waals surface area contributed by atoms with Crippen LogP contribution in [-0.2, 0) is 10.0 Å². The molecule has 0 unspecified atom stereocenters. The number of nitrogens with two attached hydrogens (primary N) is 1. The van der Waals surface area contributed by atoms with Crippen LogP contribution >= 0.6 is 23.2 Å². The van der Waals surface area contributed by atoms with Gasteiger partial charge in [-0.3, -0.25) is 4.79 Å². The number of primary sulfonamides is 1. The Bertz CT molecular complexity index is 656. The lowest BCUT2D eigenvalue weighted by Gasteiger charge is -2.23. The van der Waals surface area contributed by atoms with Crippen LogP contribution in [-0.4, -0.2) is 20.4 Å². The third-order valence-corrected chi connectivity index (χ3v) is 5.30. The second kappa shape index (κ2) is 6.52. The van der Waals surface area contributed by atoms with Gasteiger partial charge in [-0.1, -0.05) is 42.5 Å². The summed E-state index contributed by atoms with van der Waals surface area (Å²) >= 11 is 12.0. The summed E-state index contributed by atoms with van der Waals surface area (Å²) in [6.45, 7) is 0. The van der Waals surface area contributed by atoms with Crippen LogP contribution in [0.25, 0.3) is 0 Å². The van der Waals surface area contributed by atoms with Gasteiger partial charge in [0.15, 0.2) is 0 Å². The predicted octanol–water partition coefficient (Wildman–Crippen LogP) is 2.70. The summed E-state index contributed by atoms with van der Waals surface area (Å²) in [7, 11) is -4.01. The molecule has 116 valence electrons. The van der Waals surface area contributed by atoms with Crippen LogP contribution < -0.4 is 10.5 Å². The Balaban J connectivity index is 2.32. The Morgan fingerprint density at radius 1 is 1.19 bits per heavy atom. The molecule has 0 radical (unpaired) electrons. The van der Waals surface area contributed by atoms with Crippen LogP contribution in [0.15, 0.2) is 17.0 Å². The van der Waals surface area contributed by atoms with Gasteiger partial charge in [0.05, 0.1) is 15.6 Å². The molecule has 2 rings (SSSR count). The summed E-state index contributed by atoms with van der Waals surface area (Å²) in [5.41, 5.74) is -0.0459.